The molecule has 0 unspecified atom stereocenters. The Morgan fingerprint density at radius 1 is 1.18 bits per heavy atom. The number of aromatic nitrogens is 1. The highest BCUT2D eigenvalue weighted by Gasteiger charge is 2.25. The van der Waals surface area contributed by atoms with E-state index in [9.17, 15) is 4.79 Å². The number of likely N-dealkylation sites (tertiary alicyclic amines) is 1. The van der Waals surface area contributed by atoms with Gasteiger partial charge in [-0.05, 0) is 60.7 Å². The number of ether oxygens (including phenoxy) is 2. The van der Waals surface area contributed by atoms with E-state index in [1.54, 1.807) is 25.3 Å². The number of hydrogen-bond donors (Lipinski definition) is 1. The van der Waals surface area contributed by atoms with Gasteiger partial charge in [-0.25, -0.2) is 0 Å². The number of nitrogens with zero attached hydrogens (tertiary/aromatic N) is 1. The van der Waals surface area contributed by atoms with Crippen LogP contribution in [0.5, 0.6) is 11.5 Å². The maximum atomic E-state index is 12.5. The number of nitrogens with one attached hydrogen (secondary N) is 1. The van der Waals surface area contributed by atoms with E-state index in [0.717, 1.165) is 37.2 Å². The van der Waals surface area contributed by atoms with Crippen LogP contribution in [-0.2, 0) is 4.79 Å². The number of amides is 1. The SMILES string of the molecule is COc1ccc2[nH]cc(C3CCN(C(=O)COc4cccc(Cl)c4)CC3)c2c1. The Morgan fingerprint density at radius 2 is 2.00 bits per heavy atom. The molecule has 146 valence electrons. The minimum Gasteiger partial charge on any atom is -0.497 e. The van der Waals surface area contributed by atoms with Crippen molar-refractivity contribution in [2.75, 3.05) is 26.8 Å². The lowest BCUT2D eigenvalue weighted by atomic mass is 9.89. The molecule has 6 heteroatoms. The first-order valence-electron chi connectivity index (χ1n) is 9.45. The summed E-state index contributed by atoms with van der Waals surface area (Å²) in [5.41, 5.74) is 2.42. The van der Waals surface area contributed by atoms with Crippen molar-refractivity contribution in [3.63, 3.8) is 0 Å². The summed E-state index contributed by atoms with van der Waals surface area (Å²) in [7, 11) is 1.68. The van der Waals surface area contributed by atoms with E-state index in [1.165, 1.54) is 10.9 Å². The largest absolute Gasteiger partial charge is 0.497 e. The van der Waals surface area contributed by atoms with Crippen LogP contribution in [0, 0.1) is 0 Å². The third kappa shape index (κ3) is 3.94. The first kappa shape index (κ1) is 18.7. The van der Waals surface area contributed by atoms with Gasteiger partial charge in [0.15, 0.2) is 6.61 Å². The number of carbonyl (C=O) groups excluding carboxylic acids is 1. The molecule has 1 amide bonds. The van der Waals surface area contributed by atoms with Crippen LogP contribution in [0.25, 0.3) is 10.9 Å². The fraction of sp³-hybridized carbons (Fsp3) is 0.318. The monoisotopic (exact) mass is 398 g/mol. The van der Waals surface area contributed by atoms with E-state index in [4.69, 9.17) is 21.1 Å². The van der Waals surface area contributed by atoms with Gasteiger partial charge in [0.2, 0.25) is 0 Å². The standard InChI is InChI=1S/C22H23ClN2O3/c1-27-17-5-6-21-19(12-17)20(13-24-21)15-7-9-25(10-8-15)22(26)14-28-18-4-2-3-16(23)11-18/h2-6,11-13,15,24H,7-10,14H2,1H3. The van der Waals surface area contributed by atoms with Crippen LogP contribution in [0.15, 0.2) is 48.7 Å². The van der Waals surface area contributed by atoms with E-state index in [2.05, 4.69) is 17.2 Å². The molecule has 1 fully saturated rings. The molecule has 1 aliphatic rings. The van der Waals surface area contributed by atoms with Gasteiger partial charge in [-0.1, -0.05) is 17.7 Å². The predicted molar refractivity (Wildman–Crippen MR) is 110 cm³/mol. The molecular weight excluding hydrogens is 376 g/mol. The van der Waals surface area contributed by atoms with Crippen molar-refractivity contribution in [1.82, 2.24) is 9.88 Å². The van der Waals surface area contributed by atoms with Crippen molar-refractivity contribution in [3.8, 4) is 11.5 Å². The van der Waals surface area contributed by atoms with Gasteiger partial charge in [0.1, 0.15) is 11.5 Å². The Kier molecular flexibility index (Phi) is 5.44. The fourth-order valence-electron chi connectivity index (χ4n) is 3.82. The molecule has 2 heterocycles. The zero-order chi connectivity index (χ0) is 19.5. The molecule has 28 heavy (non-hydrogen) atoms. The lowest BCUT2D eigenvalue weighted by Gasteiger charge is -2.32. The molecule has 0 spiro atoms. The van der Waals surface area contributed by atoms with Gasteiger partial charge in [0.25, 0.3) is 5.91 Å². The Hall–Kier alpha value is -2.66. The van der Waals surface area contributed by atoms with Crippen molar-refractivity contribution in [1.29, 1.82) is 0 Å². The van der Waals surface area contributed by atoms with Crippen LogP contribution in [0.4, 0.5) is 0 Å². The third-order valence-electron chi connectivity index (χ3n) is 5.37. The molecule has 0 bridgehead atoms. The Labute approximate surface area is 169 Å². The topological polar surface area (TPSA) is 54.6 Å². The van der Waals surface area contributed by atoms with E-state index in [-0.39, 0.29) is 12.5 Å². The molecule has 1 aromatic heterocycles. The molecule has 3 aromatic rings. The maximum absolute atomic E-state index is 12.5. The van der Waals surface area contributed by atoms with E-state index >= 15 is 0 Å². The molecule has 4 rings (SSSR count). The van der Waals surface area contributed by atoms with Gasteiger partial charge >= 0.3 is 0 Å². The van der Waals surface area contributed by atoms with Crippen molar-refractivity contribution < 1.29 is 14.3 Å². The number of H-pyrrole nitrogens is 1. The summed E-state index contributed by atoms with van der Waals surface area (Å²) in [5.74, 6) is 1.92. The number of piperidine rings is 1. The van der Waals surface area contributed by atoms with E-state index in [1.807, 2.05) is 23.1 Å². The summed E-state index contributed by atoms with van der Waals surface area (Å²) in [6.45, 7) is 1.51. The van der Waals surface area contributed by atoms with E-state index < -0.39 is 0 Å². The Bertz CT molecular complexity index is 977. The number of halogens is 1. The van der Waals surface area contributed by atoms with Crippen molar-refractivity contribution in [3.05, 3.63) is 59.2 Å². The van der Waals surface area contributed by atoms with Crippen molar-refractivity contribution in [2.45, 2.75) is 18.8 Å². The molecule has 2 aromatic carbocycles. The Morgan fingerprint density at radius 3 is 2.75 bits per heavy atom. The quantitative estimate of drug-likeness (QED) is 0.682. The number of benzene rings is 2. The summed E-state index contributed by atoms with van der Waals surface area (Å²) < 4.78 is 11.0. The molecule has 0 radical (unpaired) electrons. The van der Waals surface area contributed by atoms with Crippen LogP contribution in [0.3, 0.4) is 0 Å². The molecule has 0 atom stereocenters. The molecule has 1 saturated heterocycles. The fourth-order valence-corrected chi connectivity index (χ4v) is 4.00. The summed E-state index contributed by atoms with van der Waals surface area (Å²) in [6, 6.07) is 13.2. The molecule has 0 aliphatic carbocycles. The minimum absolute atomic E-state index is 0.0130. The minimum atomic E-state index is 0.0130. The Balaban J connectivity index is 1.36. The average Bonchev–Trinajstić information content (AvgIpc) is 3.15. The number of rotatable bonds is 5. The van der Waals surface area contributed by atoms with Crippen molar-refractivity contribution in [2.24, 2.45) is 0 Å². The van der Waals surface area contributed by atoms with Crippen LogP contribution < -0.4 is 9.47 Å². The van der Waals surface area contributed by atoms with Gasteiger partial charge in [0.05, 0.1) is 7.11 Å². The molecule has 5 nitrogen and oxygen atoms in total. The number of hydrogen-bond acceptors (Lipinski definition) is 3. The van der Waals surface area contributed by atoms with Gasteiger partial charge < -0.3 is 19.4 Å². The highest BCUT2D eigenvalue weighted by Crippen LogP contribution is 2.34. The number of carbonyl (C=O) groups is 1. The smallest absolute Gasteiger partial charge is 0.260 e. The first-order chi connectivity index (χ1) is 13.6. The maximum Gasteiger partial charge on any atom is 0.260 e. The van der Waals surface area contributed by atoms with Crippen LogP contribution in [-0.4, -0.2) is 42.6 Å². The lowest BCUT2D eigenvalue weighted by Crippen LogP contribution is -2.40. The summed E-state index contributed by atoms with van der Waals surface area (Å²) in [6.07, 6.45) is 3.97. The highest BCUT2D eigenvalue weighted by atomic mass is 35.5. The lowest BCUT2D eigenvalue weighted by molar-refractivity contribution is -0.134. The second-order valence-corrected chi connectivity index (χ2v) is 7.49. The van der Waals surface area contributed by atoms with E-state index in [0.29, 0.717) is 16.7 Å². The zero-order valence-electron chi connectivity index (χ0n) is 15.8. The zero-order valence-corrected chi connectivity index (χ0v) is 16.5. The third-order valence-corrected chi connectivity index (χ3v) is 5.60. The number of aromatic amines is 1. The summed E-state index contributed by atoms with van der Waals surface area (Å²) in [5, 5.41) is 1.80. The average molecular weight is 399 g/mol. The van der Waals surface area contributed by atoms with Crippen LogP contribution in [0.2, 0.25) is 5.02 Å². The molecule has 1 N–H and O–H groups in total. The molecule has 0 saturated carbocycles. The van der Waals surface area contributed by atoms with Crippen LogP contribution in [0.1, 0.15) is 24.3 Å². The summed E-state index contributed by atoms with van der Waals surface area (Å²) >= 11 is 5.95. The first-order valence-corrected chi connectivity index (χ1v) is 9.83. The second kappa shape index (κ2) is 8.15. The van der Waals surface area contributed by atoms with Gasteiger partial charge in [-0.2, -0.15) is 0 Å². The normalized spacial score (nSPS) is 15.0. The number of methoxy groups -OCH3 is 1. The van der Waals surface area contributed by atoms with Gasteiger partial charge in [-0.15, -0.1) is 0 Å². The molecule has 1 aliphatic heterocycles. The second-order valence-electron chi connectivity index (χ2n) is 7.06. The highest BCUT2D eigenvalue weighted by molar-refractivity contribution is 6.30. The van der Waals surface area contributed by atoms with Gasteiger partial charge in [0, 0.05) is 35.2 Å². The number of fused-ring (bicyclic) bond motifs is 1. The van der Waals surface area contributed by atoms with Crippen LogP contribution >= 0.6 is 11.6 Å². The van der Waals surface area contributed by atoms with Gasteiger partial charge in [-0.3, -0.25) is 4.79 Å². The summed E-state index contributed by atoms with van der Waals surface area (Å²) in [4.78, 5) is 17.7. The van der Waals surface area contributed by atoms with Crippen molar-refractivity contribution >= 4 is 28.4 Å². The molecular formula is C22H23ClN2O3. The predicted octanol–water partition coefficient (Wildman–Crippen LogP) is 4.61.